The smallest absolute Gasteiger partial charge is 0.349 e. The molecule has 0 aromatic rings. The summed E-state index contributed by atoms with van der Waals surface area (Å²) in [5.41, 5.74) is 0.368. The van der Waals surface area contributed by atoms with Crippen molar-refractivity contribution >= 4 is 11.7 Å². The number of nitrogens with zero attached hydrogens (tertiary/aromatic N) is 1. The summed E-state index contributed by atoms with van der Waals surface area (Å²) in [4.78, 5) is 14.6. The van der Waals surface area contributed by atoms with Crippen LogP contribution in [-0.2, 0) is 4.79 Å². The van der Waals surface area contributed by atoms with Crippen molar-refractivity contribution in [1.82, 2.24) is 0 Å². The van der Waals surface area contributed by atoms with E-state index in [0.717, 1.165) is 13.0 Å². The molecule has 0 saturated carbocycles. The van der Waals surface area contributed by atoms with Crippen molar-refractivity contribution in [2.75, 3.05) is 6.54 Å². The summed E-state index contributed by atoms with van der Waals surface area (Å²) < 4.78 is 0. The van der Waals surface area contributed by atoms with E-state index in [1.807, 2.05) is 0 Å². The number of unbranched alkanes of at least 4 members (excludes halogenated alkanes) is 1. The van der Waals surface area contributed by atoms with Gasteiger partial charge < -0.3 is 5.11 Å². The first-order valence-corrected chi connectivity index (χ1v) is 5.00. The molecule has 1 rings (SSSR count). The molecule has 0 aromatic carbocycles. The van der Waals surface area contributed by atoms with Crippen molar-refractivity contribution in [2.24, 2.45) is 10.9 Å². The molecule has 13 heavy (non-hydrogen) atoms. The molecular weight excluding hydrogens is 166 g/mol. The van der Waals surface area contributed by atoms with Crippen LogP contribution in [0.1, 0.15) is 39.0 Å². The highest BCUT2D eigenvalue weighted by Crippen LogP contribution is 2.19. The second-order valence-electron chi connectivity index (χ2n) is 3.64. The predicted molar refractivity (Wildman–Crippen MR) is 52.2 cm³/mol. The number of aliphatic carboxylic acids is 1. The third kappa shape index (κ3) is 3.17. The zero-order chi connectivity index (χ0) is 9.68. The summed E-state index contributed by atoms with van der Waals surface area (Å²) in [6, 6.07) is 0. The van der Waals surface area contributed by atoms with Crippen LogP contribution in [0.2, 0.25) is 0 Å². The van der Waals surface area contributed by atoms with Gasteiger partial charge in [0.25, 0.3) is 0 Å². The maximum absolute atomic E-state index is 10.5. The molecule has 1 aliphatic heterocycles. The van der Waals surface area contributed by atoms with Gasteiger partial charge in [0.1, 0.15) is 5.71 Å². The Kier molecular flexibility index (Phi) is 3.93. The molecule has 1 heterocycles. The molecule has 3 nitrogen and oxygen atoms in total. The Morgan fingerprint density at radius 1 is 1.69 bits per heavy atom. The molecule has 0 aromatic heterocycles. The third-order valence-electron chi connectivity index (χ3n) is 2.54. The zero-order valence-electron chi connectivity index (χ0n) is 8.12. The lowest BCUT2D eigenvalue weighted by molar-refractivity contribution is -0.129. The molecular formula is C10H17NO2. The monoisotopic (exact) mass is 183 g/mol. The highest BCUT2D eigenvalue weighted by Gasteiger charge is 2.18. The summed E-state index contributed by atoms with van der Waals surface area (Å²) in [6.07, 6.45) is 5.32. The van der Waals surface area contributed by atoms with Gasteiger partial charge >= 0.3 is 5.97 Å². The van der Waals surface area contributed by atoms with Crippen molar-refractivity contribution in [1.29, 1.82) is 0 Å². The predicted octanol–water partition coefficient (Wildman–Crippen LogP) is 2.11. The molecule has 0 amide bonds. The van der Waals surface area contributed by atoms with Crippen molar-refractivity contribution in [2.45, 2.75) is 39.0 Å². The first-order chi connectivity index (χ1) is 6.24. The molecule has 0 aliphatic carbocycles. The van der Waals surface area contributed by atoms with E-state index in [9.17, 15) is 4.79 Å². The van der Waals surface area contributed by atoms with Gasteiger partial charge in [-0.05, 0) is 25.2 Å². The quantitative estimate of drug-likeness (QED) is 0.725. The van der Waals surface area contributed by atoms with Crippen LogP contribution in [0.25, 0.3) is 0 Å². The molecule has 0 bridgehead atoms. The summed E-state index contributed by atoms with van der Waals surface area (Å²) in [5, 5.41) is 8.67. The van der Waals surface area contributed by atoms with Gasteiger partial charge in [0.2, 0.25) is 0 Å². The van der Waals surface area contributed by atoms with E-state index in [-0.39, 0.29) is 0 Å². The number of aliphatic imine (C=N–C) groups is 1. The van der Waals surface area contributed by atoms with Crippen LogP contribution < -0.4 is 0 Å². The molecule has 1 aliphatic rings. The summed E-state index contributed by atoms with van der Waals surface area (Å²) >= 11 is 0. The van der Waals surface area contributed by atoms with Gasteiger partial charge in [0, 0.05) is 6.54 Å². The molecule has 0 radical (unpaired) electrons. The molecule has 0 spiro atoms. The topological polar surface area (TPSA) is 49.7 Å². The lowest BCUT2D eigenvalue weighted by atomic mass is 9.93. The number of rotatable bonds is 4. The first kappa shape index (κ1) is 10.2. The maximum Gasteiger partial charge on any atom is 0.349 e. The molecule has 74 valence electrons. The highest BCUT2D eigenvalue weighted by atomic mass is 16.4. The lowest BCUT2D eigenvalue weighted by Crippen LogP contribution is -2.22. The number of hydrogen-bond donors (Lipinski definition) is 1. The molecule has 3 heteroatoms. The van der Waals surface area contributed by atoms with Gasteiger partial charge in [-0.15, -0.1) is 0 Å². The van der Waals surface area contributed by atoms with E-state index in [4.69, 9.17) is 5.11 Å². The van der Waals surface area contributed by atoms with Gasteiger partial charge in [-0.3, -0.25) is 4.99 Å². The summed E-state index contributed by atoms with van der Waals surface area (Å²) in [7, 11) is 0. The fourth-order valence-corrected chi connectivity index (χ4v) is 1.65. The van der Waals surface area contributed by atoms with Crippen LogP contribution in [-0.4, -0.2) is 23.3 Å². The number of carbonyl (C=O) groups is 1. The summed E-state index contributed by atoms with van der Waals surface area (Å²) in [5.74, 6) is -0.211. The van der Waals surface area contributed by atoms with Crippen LogP contribution in [0.3, 0.4) is 0 Å². The lowest BCUT2D eigenvalue weighted by Gasteiger charge is -2.18. The average Bonchev–Trinajstić information content (AvgIpc) is 2.15. The zero-order valence-corrected chi connectivity index (χ0v) is 8.12. The molecule has 0 unspecified atom stereocenters. The minimum Gasteiger partial charge on any atom is -0.477 e. The summed E-state index contributed by atoms with van der Waals surface area (Å²) in [6.45, 7) is 2.90. The van der Waals surface area contributed by atoms with E-state index in [1.165, 1.54) is 19.3 Å². The fourth-order valence-electron chi connectivity index (χ4n) is 1.65. The van der Waals surface area contributed by atoms with Gasteiger partial charge in [-0.25, -0.2) is 4.79 Å². The van der Waals surface area contributed by atoms with Gasteiger partial charge in [0.05, 0.1) is 0 Å². The van der Waals surface area contributed by atoms with Crippen LogP contribution in [0.15, 0.2) is 4.99 Å². The van der Waals surface area contributed by atoms with Crippen LogP contribution in [0.5, 0.6) is 0 Å². The second-order valence-corrected chi connectivity index (χ2v) is 3.64. The fraction of sp³-hybridized carbons (Fsp3) is 0.800. The van der Waals surface area contributed by atoms with E-state index in [0.29, 0.717) is 18.1 Å². The van der Waals surface area contributed by atoms with Crippen LogP contribution in [0, 0.1) is 5.92 Å². The molecule has 1 N–H and O–H groups in total. The second kappa shape index (κ2) is 5.00. The van der Waals surface area contributed by atoms with Gasteiger partial charge in [-0.1, -0.05) is 19.8 Å². The minimum absolute atomic E-state index is 0.368. The van der Waals surface area contributed by atoms with Gasteiger partial charge in [-0.2, -0.15) is 0 Å². The Morgan fingerprint density at radius 3 is 2.92 bits per heavy atom. The minimum atomic E-state index is -0.839. The Bertz CT molecular complexity index is 211. The van der Waals surface area contributed by atoms with Gasteiger partial charge in [0.15, 0.2) is 0 Å². The average molecular weight is 183 g/mol. The van der Waals surface area contributed by atoms with Crippen molar-refractivity contribution in [3.8, 4) is 0 Å². The highest BCUT2D eigenvalue weighted by molar-refractivity contribution is 6.35. The molecule has 1 atom stereocenters. The Hall–Kier alpha value is -0.860. The van der Waals surface area contributed by atoms with Crippen LogP contribution in [0.4, 0.5) is 0 Å². The van der Waals surface area contributed by atoms with E-state index in [2.05, 4.69) is 11.9 Å². The van der Waals surface area contributed by atoms with Crippen molar-refractivity contribution in [3.63, 3.8) is 0 Å². The van der Waals surface area contributed by atoms with Crippen molar-refractivity contribution in [3.05, 3.63) is 0 Å². The normalized spacial score (nSPS) is 22.5. The Labute approximate surface area is 78.9 Å². The SMILES string of the molecule is CCCC[C@@H]1CCC(C(=O)O)=NC1. The van der Waals surface area contributed by atoms with E-state index >= 15 is 0 Å². The number of carboxylic acid groups (broad SMARTS) is 1. The Balaban J connectivity index is 2.33. The standard InChI is InChI=1S/C10H17NO2/c1-2-3-4-8-5-6-9(10(12)13)11-7-8/h8H,2-7H2,1H3,(H,12,13)/t8-/m1/s1. The first-order valence-electron chi connectivity index (χ1n) is 5.00. The molecule has 0 saturated heterocycles. The number of hydrogen-bond acceptors (Lipinski definition) is 2. The Morgan fingerprint density at radius 2 is 2.46 bits per heavy atom. The van der Waals surface area contributed by atoms with E-state index in [1.54, 1.807) is 0 Å². The van der Waals surface area contributed by atoms with Crippen molar-refractivity contribution < 1.29 is 9.90 Å². The number of carboxylic acids is 1. The van der Waals surface area contributed by atoms with Crippen LogP contribution >= 0.6 is 0 Å². The third-order valence-corrected chi connectivity index (χ3v) is 2.54. The van der Waals surface area contributed by atoms with E-state index < -0.39 is 5.97 Å². The largest absolute Gasteiger partial charge is 0.477 e. The maximum atomic E-state index is 10.5. The molecule has 0 fully saturated rings.